The van der Waals surface area contributed by atoms with Gasteiger partial charge in [-0.05, 0) is 46.6 Å². The molecule has 7 nitrogen and oxygen atoms in total. The fourth-order valence-corrected chi connectivity index (χ4v) is 3.18. The third-order valence-corrected chi connectivity index (χ3v) is 5.51. The SMILES string of the molecule is CC1(C)OB(c2cnc(N3CC[C@H](CNCCN)C3)nc2)OC1(C)C. The molecule has 3 rings (SSSR count). The molecule has 8 heteroatoms. The molecule has 1 atom stereocenters. The Kier molecular flexibility index (Phi) is 5.34. The van der Waals surface area contributed by atoms with E-state index in [1.54, 1.807) is 0 Å². The van der Waals surface area contributed by atoms with Gasteiger partial charge in [0.1, 0.15) is 0 Å². The van der Waals surface area contributed by atoms with Crippen LogP contribution in [0.25, 0.3) is 0 Å². The van der Waals surface area contributed by atoms with Gasteiger partial charge in [-0.25, -0.2) is 9.97 Å². The van der Waals surface area contributed by atoms with Crippen molar-refractivity contribution in [3.8, 4) is 0 Å². The van der Waals surface area contributed by atoms with Crippen molar-refractivity contribution < 1.29 is 9.31 Å². The molecular weight excluding hydrogens is 317 g/mol. The number of nitrogens with zero attached hydrogens (tertiary/aromatic N) is 3. The number of nitrogens with one attached hydrogen (secondary N) is 1. The summed E-state index contributed by atoms with van der Waals surface area (Å²) in [7, 11) is -0.411. The van der Waals surface area contributed by atoms with Gasteiger partial charge in [0.15, 0.2) is 0 Å². The first-order valence-electron chi connectivity index (χ1n) is 9.16. The molecule has 1 aromatic rings. The van der Waals surface area contributed by atoms with Crippen molar-refractivity contribution >= 4 is 18.5 Å². The van der Waals surface area contributed by atoms with Gasteiger partial charge in [0.25, 0.3) is 0 Å². The van der Waals surface area contributed by atoms with Crippen LogP contribution < -0.4 is 21.4 Å². The zero-order valence-electron chi connectivity index (χ0n) is 15.8. The van der Waals surface area contributed by atoms with Crippen LogP contribution in [0.4, 0.5) is 5.95 Å². The molecule has 0 spiro atoms. The lowest BCUT2D eigenvalue weighted by Crippen LogP contribution is -2.41. The summed E-state index contributed by atoms with van der Waals surface area (Å²) in [6.07, 6.45) is 4.80. The summed E-state index contributed by atoms with van der Waals surface area (Å²) in [5, 5.41) is 3.38. The Hall–Kier alpha value is -1.22. The molecule has 3 N–H and O–H groups in total. The van der Waals surface area contributed by atoms with Gasteiger partial charge in [-0.3, -0.25) is 0 Å². The molecule has 0 radical (unpaired) electrons. The summed E-state index contributed by atoms with van der Waals surface area (Å²) in [5.41, 5.74) is 5.68. The maximum atomic E-state index is 6.05. The molecule has 3 heterocycles. The number of rotatable bonds is 6. The quantitative estimate of drug-likeness (QED) is 0.560. The second-order valence-electron chi connectivity index (χ2n) is 8.00. The molecule has 2 aliphatic heterocycles. The number of aromatic nitrogens is 2. The van der Waals surface area contributed by atoms with Gasteiger partial charge in [0, 0.05) is 44.0 Å². The lowest BCUT2D eigenvalue weighted by molar-refractivity contribution is 0.00578. The monoisotopic (exact) mass is 347 g/mol. The number of anilines is 1. The highest BCUT2D eigenvalue weighted by molar-refractivity contribution is 6.61. The molecule has 0 bridgehead atoms. The lowest BCUT2D eigenvalue weighted by Gasteiger charge is -2.32. The van der Waals surface area contributed by atoms with Crippen molar-refractivity contribution in [2.45, 2.75) is 45.3 Å². The summed E-state index contributed by atoms with van der Waals surface area (Å²) in [5.74, 6) is 1.40. The van der Waals surface area contributed by atoms with Gasteiger partial charge in [0.2, 0.25) is 5.95 Å². The molecule has 0 amide bonds. The smallest absolute Gasteiger partial charge is 0.399 e. The Morgan fingerprint density at radius 2 is 1.88 bits per heavy atom. The second kappa shape index (κ2) is 7.19. The first kappa shape index (κ1) is 18.6. The van der Waals surface area contributed by atoms with Gasteiger partial charge < -0.3 is 25.3 Å². The highest BCUT2D eigenvalue weighted by atomic mass is 16.7. The third kappa shape index (κ3) is 3.97. The van der Waals surface area contributed by atoms with Crippen LogP contribution in [-0.4, -0.2) is 61.0 Å². The van der Waals surface area contributed by atoms with Crippen molar-refractivity contribution in [1.82, 2.24) is 15.3 Å². The van der Waals surface area contributed by atoms with E-state index >= 15 is 0 Å². The van der Waals surface area contributed by atoms with Gasteiger partial charge in [-0.1, -0.05) is 0 Å². The summed E-state index contributed by atoms with van der Waals surface area (Å²) < 4.78 is 12.1. The maximum Gasteiger partial charge on any atom is 0.498 e. The molecule has 2 aliphatic rings. The first-order chi connectivity index (χ1) is 11.8. The highest BCUT2D eigenvalue weighted by Gasteiger charge is 2.52. The van der Waals surface area contributed by atoms with Crippen LogP contribution in [0.3, 0.4) is 0 Å². The number of hydrogen-bond donors (Lipinski definition) is 2. The van der Waals surface area contributed by atoms with Crippen molar-refractivity contribution in [2.75, 3.05) is 37.6 Å². The Labute approximate surface area is 150 Å². The van der Waals surface area contributed by atoms with Crippen LogP contribution in [0.2, 0.25) is 0 Å². The van der Waals surface area contributed by atoms with E-state index in [9.17, 15) is 0 Å². The average molecular weight is 347 g/mol. The highest BCUT2D eigenvalue weighted by Crippen LogP contribution is 2.36. The Bertz CT molecular complexity index is 565. The molecule has 2 saturated heterocycles. The molecular formula is C17H30BN5O2. The summed E-state index contributed by atoms with van der Waals surface area (Å²) >= 11 is 0. The van der Waals surface area contributed by atoms with Crippen LogP contribution in [0, 0.1) is 5.92 Å². The summed E-state index contributed by atoms with van der Waals surface area (Å²) in [6.45, 7) is 12.7. The van der Waals surface area contributed by atoms with Crippen LogP contribution in [-0.2, 0) is 9.31 Å². The zero-order valence-corrected chi connectivity index (χ0v) is 15.8. The maximum absolute atomic E-state index is 6.05. The van der Waals surface area contributed by atoms with E-state index in [0.717, 1.165) is 44.0 Å². The van der Waals surface area contributed by atoms with E-state index in [4.69, 9.17) is 15.0 Å². The Morgan fingerprint density at radius 3 is 2.48 bits per heavy atom. The molecule has 1 aromatic heterocycles. The molecule has 0 unspecified atom stereocenters. The Balaban J connectivity index is 1.58. The van der Waals surface area contributed by atoms with E-state index in [2.05, 4.69) is 20.2 Å². The fraction of sp³-hybridized carbons (Fsp3) is 0.765. The van der Waals surface area contributed by atoms with E-state index in [1.807, 2.05) is 40.1 Å². The predicted molar refractivity (Wildman–Crippen MR) is 100.0 cm³/mol. The van der Waals surface area contributed by atoms with Gasteiger partial charge in [-0.15, -0.1) is 0 Å². The molecule has 0 aliphatic carbocycles. The predicted octanol–water partition coefficient (Wildman–Crippen LogP) is 0.150. The van der Waals surface area contributed by atoms with E-state index in [0.29, 0.717) is 12.5 Å². The van der Waals surface area contributed by atoms with Crippen molar-refractivity contribution in [3.63, 3.8) is 0 Å². The number of hydrogen-bond acceptors (Lipinski definition) is 7. The largest absolute Gasteiger partial charge is 0.498 e. The van der Waals surface area contributed by atoms with E-state index in [-0.39, 0.29) is 11.2 Å². The summed E-state index contributed by atoms with van der Waals surface area (Å²) in [6, 6.07) is 0. The van der Waals surface area contributed by atoms with Crippen LogP contribution >= 0.6 is 0 Å². The lowest BCUT2D eigenvalue weighted by atomic mass is 9.81. The van der Waals surface area contributed by atoms with Gasteiger partial charge in [-0.2, -0.15) is 0 Å². The molecule has 2 fully saturated rings. The second-order valence-corrected chi connectivity index (χ2v) is 8.00. The van der Waals surface area contributed by atoms with Crippen LogP contribution in [0.15, 0.2) is 12.4 Å². The van der Waals surface area contributed by atoms with E-state index in [1.165, 1.54) is 0 Å². The zero-order chi connectivity index (χ0) is 18.1. The van der Waals surface area contributed by atoms with Crippen molar-refractivity contribution in [1.29, 1.82) is 0 Å². The topological polar surface area (TPSA) is 85.5 Å². The normalized spacial score (nSPS) is 24.9. The molecule has 0 saturated carbocycles. The van der Waals surface area contributed by atoms with E-state index < -0.39 is 7.12 Å². The Morgan fingerprint density at radius 1 is 1.24 bits per heavy atom. The first-order valence-corrected chi connectivity index (χ1v) is 9.16. The minimum atomic E-state index is -0.411. The van der Waals surface area contributed by atoms with Crippen LogP contribution in [0.1, 0.15) is 34.1 Å². The standard InChI is InChI=1S/C17H30BN5O2/c1-16(2)17(3,4)25-18(24-16)14-10-21-15(22-11-14)23-8-5-13(12-23)9-20-7-6-19/h10-11,13,20H,5-9,12,19H2,1-4H3/t13-/m1/s1. The van der Waals surface area contributed by atoms with Crippen molar-refractivity contribution in [2.24, 2.45) is 11.7 Å². The molecule has 138 valence electrons. The van der Waals surface area contributed by atoms with Gasteiger partial charge >= 0.3 is 7.12 Å². The fourth-order valence-electron chi connectivity index (χ4n) is 3.18. The third-order valence-electron chi connectivity index (χ3n) is 5.51. The van der Waals surface area contributed by atoms with Gasteiger partial charge in [0.05, 0.1) is 11.2 Å². The minimum absolute atomic E-state index is 0.352. The summed E-state index contributed by atoms with van der Waals surface area (Å²) in [4.78, 5) is 11.3. The van der Waals surface area contributed by atoms with Crippen LogP contribution in [0.5, 0.6) is 0 Å². The average Bonchev–Trinajstić information content (AvgIpc) is 3.10. The van der Waals surface area contributed by atoms with Crippen molar-refractivity contribution in [3.05, 3.63) is 12.4 Å². The minimum Gasteiger partial charge on any atom is -0.399 e. The number of nitrogens with two attached hydrogens (primary N) is 1. The molecule has 25 heavy (non-hydrogen) atoms. The molecule has 0 aromatic carbocycles.